The maximum atomic E-state index is 4.32. The molecule has 0 N–H and O–H groups in total. The molecule has 0 aliphatic rings. The third-order valence-corrected chi connectivity index (χ3v) is 2.17. The van der Waals surface area contributed by atoms with Crippen LogP contribution in [0.4, 0.5) is 0 Å². The van der Waals surface area contributed by atoms with Crippen molar-refractivity contribution in [3.63, 3.8) is 0 Å². The Morgan fingerprint density at radius 3 is 2.88 bits per heavy atom. The summed E-state index contributed by atoms with van der Waals surface area (Å²) in [5.74, 6) is 0. The Balaban J connectivity index is 2.28. The average molecular weight is 217 g/mol. The van der Waals surface area contributed by atoms with Crippen LogP contribution in [-0.2, 0) is 6.54 Å². The van der Waals surface area contributed by atoms with Gasteiger partial charge in [0, 0.05) is 14.1 Å². The summed E-state index contributed by atoms with van der Waals surface area (Å²) in [7, 11) is 3.81. The first kappa shape index (κ1) is 10.6. The number of nitrogens with zero attached hydrogens (tertiary/aromatic N) is 5. The van der Waals surface area contributed by atoms with Crippen molar-refractivity contribution in [2.24, 2.45) is 5.10 Å². The van der Waals surface area contributed by atoms with Gasteiger partial charge in [-0.3, -0.25) is 0 Å². The standard InChI is InChI=1S/C11H15N5/c1-9(13-15(2)3)8-16-11-7-5-4-6-10(11)12-14-16/h4-7H,8H2,1-3H3/b13-9-. The van der Waals surface area contributed by atoms with E-state index in [4.69, 9.17) is 0 Å². The molecule has 0 amide bonds. The monoisotopic (exact) mass is 217 g/mol. The second kappa shape index (κ2) is 4.30. The summed E-state index contributed by atoms with van der Waals surface area (Å²) < 4.78 is 1.86. The van der Waals surface area contributed by atoms with E-state index in [0.29, 0.717) is 6.54 Å². The topological polar surface area (TPSA) is 46.3 Å². The van der Waals surface area contributed by atoms with Gasteiger partial charge in [0.25, 0.3) is 0 Å². The molecule has 1 heterocycles. The zero-order chi connectivity index (χ0) is 11.5. The van der Waals surface area contributed by atoms with E-state index in [1.54, 1.807) is 5.01 Å². The molecular weight excluding hydrogens is 202 g/mol. The van der Waals surface area contributed by atoms with E-state index in [9.17, 15) is 0 Å². The number of rotatable bonds is 3. The summed E-state index contributed by atoms with van der Waals surface area (Å²) in [4.78, 5) is 0. The molecule has 1 aromatic heterocycles. The maximum absolute atomic E-state index is 4.32. The van der Waals surface area contributed by atoms with E-state index in [-0.39, 0.29) is 0 Å². The van der Waals surface area contributed by atoms with E-state index in [1.807, 2.05) is 50.0 Å². The van der Waals surface area contributed by atoms with Gasteiger partial charge >= 0.3 is 0 Å². The van der Waals surface area contributed by atoms with E-state index in [1.165, 1.54) is 0 Å². The summed E-state index contributed by atoms with van der Waals surface area (Å²) in [6, 6.07) is 7.91. The van der Waals surface area contributed by atoms with Crippen molar-refractivity contribution in [2.75, 3.05) is 14.1 Å². The first-order chi connectivity index (χ1) is 7.66. The molecule has 0 radical (unpaired) electrons. The summed E-state index contributed by atoms with van der Waals surface area (Å²) in [5.41, 5.74) is 2.96. The van der Waals surface area contributed by atoms with Crippen molar-refractivity contribution in [1.82, 2.24) is 20.0 Å². The fourth-order valence-electron chi connectivity index (χ4n) is 1.62. The molecule has 0 aliphatic carbocycles. The maximum Gasteiger partial charge on any atom is 0.113 e. The van der Waals surface area contributed by atoms with Crippen LogP contribution in [0, 0.1) is 0 Å². The van der Waals surface area contributed by atoms with Crippen LogP contribution in [0.25, 0.3) is 11.0 Å². The lowest BCUT2D eigenvalue weighted by molar-refractivity contribution is 0.434. The molecule has 0 aliphatic heterocycles. The summed E-state index contributed by atoms with van der Waals surface area (Å²) in [5, 5.41) is 14.3. The molecule has 1 aromatic carbocycles. The fourth-order valence-corrected chi connectivity index (χ4v) is 1.62. The largest absolute Gasteiger partial charge is 0.303 e. The first-order valence-electron chi connectivity index (χ1n) is 5.16. The Hall–Kier alpha value is -1.91. The Morgan fingerprint density at radius 1 is 1.38 bits per heavy atom. The summed E-state index contributed by atoms with van der Waals surface area (Å²) >= 11 is 0. The van der Waals surface area contributed by atoms with Gasteiger partial charge in [0.05, 0.1) is 17.8 Å². The number of hydrazone groups is 1. The lowest BCUT2D eigenvalue weighted by atomic mass is 10.3. The van der Waals surface area contributed by atoms with Crippen LogP contribution in [0.1, 0.15) is 6.92 Å². The van der Waals surface area contributed by atoms with Gasteiger partial charge in [-0.2, -0.15) is 5.10 Å². The van der Waals surface area contributed by atoms with E-state index in [2.05, 4.69) is 15.4 Å². The van der Waals surface area contributed by atoms with Crippen LogP contribution >= 0.6 is 0 Å². The minimum absolute atomic E-state index is 0.665. The van der Waals surface area contributed by atoms with Crippen molar-refractivity contribution in [3.05, 3.63) is 24.3 Å². The summed E-state index contributed by atoms with van der Waals surface area (Å²) in [6.07, 6.45) is 0. The van der Waals surface area contributed by atoms with Crippen molar-refractivity contribution in [1.29, 1.82) is 0 Å². The van der Waals surface area contributed by atoms with Crippen molar-refractivity contribution >= 4 is 16.7 Å². The molecule has 16 heavy (non-hydrogen) atoms. The Bertz CT molecular complexity index is 512. The third kappa shape index (κ3) is 2.18. The molecule has 0 bridgehead atoms. The molecule has 0 unspecified atom stereocenters. The van der Waals surface area contributed by atoms with E-state index < -0.39 is 0 Å². The lowest BCUT2D eigenvalue weighted by Gasteiger charge is -2.07. The molecule has 0 saturated carbocycles. The van der Waals surface area contributed by atoms with Crippen LogP contribution in [0.2, 0.25) is 0 Å². The highest BCUT2D eigenvalue weighted by Crippen LogP contribution is 2.09. The quantitative estimate of drug-likeness (QED) is 0.576. The van der Waals surface area contributed by atoms with Crippen LogP contribution in [-0.4, -0.2) is 39.8 Å². The first-order valence-corrected chi connectivity index (χ1v) is 5.16. The van der Waals surface area contributed by atoms with Gasteiger partial charge in [0.15, 0.2) is 0 Å². The number of fused-ring (bicyclic) bond motifs is 1. The van der Waals surface area contributed by atoms with Crippen LogP contribution in [0.15, 0.2) is 29.4 Å². The molecule has 0 saturated heterocycles. The number of hydrogen-bond donors (Lipinski definition) is 0. The Labute approximate surface area is 94.4 Å². The van der Waals surface area contributed by atoms with Gasteiger partial charge < -0.3 is 5.01 Å². The minimum Gasteiger partial charge on any atom is -0.303 e. The zero-order valence-corrected chi connectivity index (χ0v) is 9.75. The van der Waals surface area contributed by atoms with E-state index in [0.717, 1.165) is 16.7 Å². The molecule has 2 rings (SSSR count). The van der Waals surface area contributed by atoms with Gasteiger partial charge in [-0.15, -0.1) is 5.10 Å². The highest BCUT2D eigenvalue weighted by molar-refractivity contribution is 5.83. The number of aromatic nitrogens is 3. The number of para-hydroxylation sites is 1. The van der Waals surface area contributed by atoms with Gasteiger partial charge in [-0.25, -0.2) is 4.68 Å². The second-order valence-electron chi connectivity index (χ2n) is 3.92. The highest BCUT2D eigenvalue weighted by Gasteiger charge is 2.04. The van der Waals surface area contributed by atoms with Gasteiger partial charge in [-0.05, 0) is 19.1 Å². The molecule has 5 heteroatoms. The van der Waals surface area contributed by atoms with Crippen molar-refractivity contribution in [2.45, 2.75) is 13.5 Å². The average Bonchev–Trinajstić information content (AvgIpc) is 2.61. The lowest BCUT2D eigenvalue weighted by Crippen LogP contribution is -2.13. The Kier molecular flexibility index (Phi) is 2.85. The minimum atomic E-state index is 0.665. The normalized spacial score (nSPS) is 12.1. The molecule has 2 aromatic rings. The smallest absolute Gasteiger partial charge is 0.113 e. The number of hydrogen-bond acceptors (Lipinski definition) is 4. The molecular formula is C11H15N5. The number of benzene rings is 1. The van der Waals surface area contributed by atoms with E-state index >= 15 is 0 Å². The van der Waals surface area contributed by atoms with Crippen LogP contribution in [0.3, 0.4) is 0 Å². The molecule has 84 valence electrons. The van der Waals surface area contributed by atoms with Gasteiger partial charge in [0.1, 0.15) is 5.52 Å². The SMILES string of the molecule is C/C(Cn1nnc2ccccc21)=N/N(C)C. The predicted octanol–water partition coefficient (Wildman–Crippen LogP) is 1.37. The zero-order valence-electron chi connectivity index (χ0n) is 9.75. The van der Waals surface area contributed by atoms with Gasteiger partial charge in [-0.1, -0.05) is 17.3 Å². The van der Waals surface area contributed by atoms with Gasteiger partial charge in [0.2, 0.25) is 0 Å². The van der Waals surface area contributed by atoms with Crippen molar-refractivity contribution in [3.8, 4) is 0 Å². The molecule has 5 nitrogen and oxygen atoms in total. The summed E-state index contributed by atoms with van der Waals surface area (Å²) in [6.45, 7) is 2.65. The van der Waals surface area contributed by atoms with Crippen molar-refractivity contribution < 1.29 is 0 Å². The van der Waals surface area contributed by atoms with Crippen LogP contribution in [0.5, 0.6) is 0 Å². The van der Waals surface area contributed by atoms with Crippen LogP contribution < -0.4 is 0 Å². The molecule has 0 atom stereocenters. The Morgan fingerprint density at radius 2 is 2.12 bits per heavy atom. The third-order valence-electron chi connectivity index (χ3n) is 2.17. The highest BCUT2D eigenvalue weighted by atomic mass is 15.4. The fraction of sp³-hybridized carbons (Fsp3) is 0.364. The second-order valence-corrected chi connectivity index (χ2v) is 3.92. The molecule has 0 spiro atoms. The molecule has 0 fully saturated rings. The predicted molar refractivity (Wildman–Crippen MR) is 64.3 cm³/mol.